The molecule has 0 bridgehead atoms. The number of aryl methyl sites for hydroxylation is 1. The largest absolute Gasteiger partial charge is 0.326 e. The van der Waals surface area contributed by atoms with Crippen LogP contribution in [0.15, 0.2) is 58.3 Å². The van der Waals surface area contributed by atoms with E-state index < -0.39 is 10.8 Å². The van der Waals surface area contributed by atoms with E-state index in [1.54, 1.807) is 24.3 Å². The second-order valence-corrected chi connectivity index (χ2v) is 5.77. The summed E-state index contributed by atoms with van der Waals surface area (Å²) < 4.78 is 12.3. The van der Waals surface area contributed by atoms with Crippen molar-refractivity contribution >= 4 is 22.4 Å². The van der Waals surface area contributed by atoms with Crippen molar-refractivity contribution in [2.45, 2.75) is 23.6 Å². The minimum absolute atomic E-state index is 0.118. The SMILES string of the molecule is CC(=O)Nc1ccc(S(=O)c2ccc(C)cc2)cc1. The van der Waals surface area contributed by atoms with Gasteiger partial charge in [-0.25, -0.2) is 4.21 Å². The molecule has 1 unspecified atom stereocenters. The summed E-state index contributed by atoms with van der Waals surface area (Å²) in [6, 6.07) is 14.7. The number of benzene rings is 2. The van der Waals surface area contributed by atoms with Crippen LogP contribution in [0.2, 0.25) is 0 Å². The molecule has 0 aliphatic rings. The lowest BCUT2D eigenvalue weighted by Gasteiger charge is -2.05. The monoisotopic (exact) mass is 273 g/mol. The maximum Gasteiger partial charge on any atom is 0.221 e. The normalized spacial score (nSPS) is 11.9. The second kappa shape index (κ2) is 5.80. The zero-order valence-corrected chi connectivity index (χ0v) is 11.7. The molecule has 4 heteroatoms. The molecule has 3 nitrogen and oxygen atoms in total. The van der Waals surface area contributed by atoms with Crippen molar-refractivity contribution in [1.29, 1.82) is 0 Å². The molecule has 98 valence electrons. The molecular weight excluding hydrogens is 258 g/mol. The molecule has 1 amide bonds. The third-order valence-corrected chi connectivity index (χ3v) is 4.02. The first-order valence-electron chi connectivity index (χ1n) is 5.92. The van der Waals surface area contributed by atoms with Crippen LogP contribution >= 0.6 is 0 Å². The van der Waals surface area contributed by atoms with Crippen molar-refractivity contribution in [3.8, 4) is 0 Å². The van der Waals surface area contributed by atoms with Crippen LogP contribution in [-0.4, -0.2) is 10.1 Å². The van der Waals surface area contributed by atoms with Gasteiger partial charge in [0.1, 0.15) is 0 Å². The molecule has 2 aromatic rings. The Morgan fingerprint density at radius 3 is 1.89 bits per heavy atom. The fourth-order valence-electron chi connectivity index (χ4n) is 1.66. The molecule has 0 fully saturated rings. The quantitative estimate of drug-likeness (QED) is 0.934. The van der Waals surface area contributed by atoms with Gasteiger partial charge in [-0.2, -0.15) is 0 Å². The summed E-state index contributed by atoms with van der Waals surface area (Å²) in [7, 11) is -1.19. The fraction of sp³-hybridized carbons (Fsp3) is 0.133. The minimum Gasteiger partial charge on any atom is -0.326 e. The number of carbonyl (C=O) groups is 1. The van der Waals surface area contributed by atoms with Gasteiger partial charge in [0.2, 0.25) is 5.91 Å². The topological polar surface area (TPSA) is 46.2 Å². The average molecular weight is 273 g/mol. The van der Waals surface area contributed by atoms with Crippen LogP contribution in [0.5, 0.6) is 0 Å². The van der Waals surface area contributed by atoms with Crippen molar-refractivity contribution in [2.75, 3.05) is 5.32 Å². The molecule has 2 aromatic carbocycles. The van der Waals surface area contributed by atoms with E-state index in [2.05, 4.69) is 5.32 Å². The number of hydrogen-bond acceptors (Lipinski definition) is 2. The Bertz CT molecular complexity index is 603. The number of anilines is 1. The molecule has 1 atom stereocenters. The molecule has 0 spiro atoms. The highest BCUT2D eigenvalue weighted by atomic mass is 32.2. The zero-order valence-electron chi connectivity index (χ0n) is 10.8. The summed E-state index contributed by atoms with van der Waals surface area (Å²) in [6.07, 6.45) is 0. The van der Waals surface area contributed by atoms with Gasteiger partial charge in [0, 0.05) is 22.4 Å². The van der Waals surface area contributed by atoms with Crippen LogP contribution in [0.3, 0.4) is 0 Å². The summed E-state index contributed by atoms with van der Waals surface area (Å²) in [6.45, 7) is 3.45. The summed E-state index contributed by atoms with van der Waals surface area (Å²) in [5.41, 5.74) is 1.85. The first-order chi connectivity index (χ1) is 9.06. The standard InChI is InChI=1S/C15H15NO2S/c1-11-3-7-14(8-4-11)19(18)15-9-5-13(6-10-15)16-12(2)17/h3-10H,1-2H3,(H,16,17). The highest BCUT2D eigenvalue weighted by molar-refractivity contribution is 7.85. The summed E-state index contributed by atoms with van der Waals surface area (Å²) in [5.74, 6) is -0.118. The third-order valence-electron chi connectivity index (χ3n) is 2.62. The summed E-state index contributed by atoms with van der Waals surface area (Å²) in [5, 5.41) is 2.68. The van der Waals surface area contributed by atoms with E-state index in [0.29, 0.717) is 5.69 Å². The molecule has 0 saturated carbocycles. The Morgan fingerprint density at radius 1 is 0.947 bits per heavy atom. The van der Waals surface area contributed by atoms with Crippen LogP contribution in [-0.2, 0) is 15.6 Å². The Labute approximate surface area is 115 Å². The van der Waals surface area contributed by atoms with Crippen molar-refractivity contribution < 1.29 is 9.00 Å². The van der Waals surface area contributed by atoms with Crippen molar-refractivity contribution in [2.24, 2.45) is 0 Å². The first-order valence-corrected chi connectivity index (χ1v) is 7.07. The van der Waals surface area contributed by atoms with Gasteiger partial charge in [-0.3, -0.25) is 4.79 Å². The van der Waals surface area contributed by atoms with E-state index in [1.807, 2.05) is 31.2 Å². The lowest BCUT2D eigenvalue weighted by molar-refractivity contribution is -0.114. The van der Waals surface area contributed by atoms with E-state index in [1.165, 1.54) is 6.92 Å². The molecule has 0 heterocycles. The summed E-state index contributed by atoms with van der Waals surface area (Å²) in [4.78, 5) is 12.4. The zero-order chi connectivity index (χ0) is 13.8. The highest BCUT2D eigenvalue weighted by Gasteiger charge is 2.06. The Kier molecular flexibility index (Phi) is 4.12. The molecule has 0 aromatic heterocycles. The van der Waals surface area contributed by atoms with Crippen molar-refractivity contribution in [1.82, 2.24) is 0 Å². The van der Waals surface area contributed by atoms with Gasteiger partial charge in [-0.15, -0.1) is 0 Å². The lowest BCUT2D eigenvalue weighted by Crippen LogP contribution is -2.05. The van der Waals surface area contributed by atoms with Gasteiger partial charge < -0.3 is 5.32 Å². The van der Waals surface area contributed by atoms with Gasteiger partial charge in [-0.05, 0) is 43.3 Å². The molecule has 2 rings (SSSR count). The van der Waals surface area contributed by atoms with E-state index >= 15 is 0 Å². The van der Waals surface area contributed by atoms with Crippen LogP contribution < -0.4 is 5.32 Å². The predicted molar refractivity (Wildman–Crippen MR) is 76.6 cm³/mol. The van der Waals surface area contributed by atoms with Gasteiger partial charge in [0.15, 0.2) is 0 Å². The van der Waals surface area contributed by atoms with Crippen molar-refractivity contribution in [3.05, 3.63) is 54.1 Å². The Morgan fingerprint density at radius 2 is 1.42 bits per heavy atom. The summed E-state index contributed by atoms with van der Waals surface area (Å²) >= 11 is 0. The molecule has 0 radical (unpaired) electrons. The van der Waals surface area contributed by atoms with Crippen molar-refractivity contribution in [3.63, 3.8) is 0 Å². The molecule has 0 aliphatic carbocycles. The van der Waals surface area contributed by atoms with Gasteiger partial charge in [0.05, 0.1) is 10.8 Å². The second-order valence-electron chi connectivity index (χ2n) is 4.29. The number of amides is 1. The van der Waals surface area contributed by atoms with Crippen LogP contribution in [0, 0.1) is 6.92 Å². The fourth-order valence-corrected chi connectivity index (χ4v) is 2.70. The van der Waals surface area contributed by atoms with E-state index in [0.717, 1.165) is 15.4 Å². The smallest absolute Gasteiger partial charge is 0.221 e. The molecule has 0 aliphatic heterocycles. The molecule has 19 heavy (non-hydrogen) atoms. The molecular formula is C15H15NO2S. The molecule has 0 saturated heterocycles. The van der Waals surface area contributed by atoms with E-state index in [4.69, 9.17) is 0 Å². The van der Waals surface area contributed by atoms with E-state index in [9.17, 15) is 9.00 Å². The first kappa shape index (κ1) is 13.5. The Hall–Kier alpha value is -1.94. The van der Waals surface area contributed by atoms with Gasteiger partial charge >= 0.3 is 0 Å². The Balaban J connectivity index is 2.20. The highest BCUT2D eigenvalue weighted by Crippen LogP contribution is 2.19. The maximum absolute atomic E-state index is 12.3. The number of rotatable bonds is 3. The van der Waals surface area contributed by atoms with E-state index in [-0.39, 0.29) is 5.91 Å². The lowest BCUT2D eigenvalue weighted by atomic mass is 10.2. The third kappa shape index (κ3) is 3.51. The van der Waals surface area contributed by atoms with Gasteiger partial charge in [0.25, 0.3) is 0 Å². The molecule has 1 N–H and O–H groups in total. The average Bonchev–Trinajstić information content (AvgIpc) is 2.39. The number of nitrogens with one attached hydrogen (secondary N) is 1. The number of hydrogen-bond donors (Lipinski definition) is 1. The maximum atomic E-state index is 12.3. The van der Waals surface area contributed by atoms with Gasteiger partial charge in [-0.1, -0.05) is 17.7 Å². The van der Waals surface area contributed by atoms with Crippen LogP contribution in [0.1, 0.15) is 12.5 Å². The predicted octanol–water partition coefficient (Wildman–Crippen LogP) is 3.12. The van der Waals surface area contributed by atoms with Crippen LogP contribution in [0.25, 0.3) is 0 Å². The number of carbonyl (C=O) groups excluding carboxylic acids is 1. The minimum atomic E-state index is -1.19. The van der Waals surface area contributed by atoms with Crippen LogP contribution in [0.4, 0.5) is 5.69 Å².